The monoisotopic (exact) mass is 298 g/mol. The maximum atomic E-state index is 11.9. The maximum absolute atomic E-state index is 11.9. The van der Waals surface area contributed by atoms with E-state index in [-0.39, 0.29) is 0 Å². The van der Waals surface area contributed by atoms with Gasteiger partial charge in [0.15, 0.2) is 5.76 Å². The van der Waals surface area contributed by atoms with E-state index in [1.165, 1.54) is 7.11 Å². The number of rotatable bonds is 2. The maximum Gasteiger partial charge on any atom is 0.342 e. The lowest BCUT2D eigenvalue weighted by molar-refractivity contribution is 0.0599. The fourth-order valence-electron chi connectivity index (χ4n) is 1.73. The van der Waals surface area contributed by atoms with Crippen molar-refractivity contribution < 1.29 is 13.9 Å². The van der Waals surface area contributed by atoms with Gasteiger partial charge >= 0.3 is 5.97 Å². The van der Waals surface area contributed by atoms with Crippen LogP contribution in [-0.2, 0) is 4.74 Å². The molecule has 0 radical (unpaired) electrons. The molecule has 2 rings (SSSR count). The van der Waals surface area contributed by atoms with Crippen LogP contribution in [0.2, 0.25) is 19.6 Å². The van der Waals surface area contributed by atoms with E-state index < -0.39 is 14.0 Å². The number of hydrogen-bond donors (Lipinski definition) is 0. The second-order valence-electron chi connectivity index (χ2n) is 5.71. The lowest BCUT2D eigenvalue weighted by Crippen LogP contribution is -2.16. The van der Waals surface area contributed by atoms with Gasteiger partial charge in [0.1, 0.15) is 19.4 Å². The largest absolute Gasteiger partial charge is 0.465 e. The molecular weight excluding hydrogens is 280 g/mol. The average Bonchev–Trinajstić information content (AvgIpc) is 2.89. The number of methoxy groups -OCH3 is 1. The van der Waals surface area contributed by atoms with Crippen LogP contribution in [0.4, 0.5) is 0 Å². The van der Waals surface area contributed by atoms with Crippen LogP contribution in [0.3, 0.4) is 0 Å². The number of hydrogen-bond acceptors (Lipinski definition) is 3. The summed E-state index contributed by atoms with van der Waals surface area (Å²) in [6.07, 6.45) is 0. The molecule has 0 spiro atoms. The van der Waals surface area contributed by atoms with E-state index in [9.17, 15) is 4.79 Å². The zero-order chi connectivity index (χ0) is 15.5. The number of furan rings is 1. The van der Waals surface area contributed by atoms with Crippen LogP contribution < -0.4 is 0 Å². The van der Waals surface area contributed by atoms with Crippen molar-refractivity contribution in [2.24, 2.45) is 0 Å². The summed E-state index contributed by atoms with van der Waals surface area (Å²) in [5.41, 5.74) is 4.49. The third-order valence-corrected chi connectivity index (χ3v) is 3.62. The van der Waals surface area contributed by atoms with E-state index in [2.05, 4.69) is 31.1 Å². The average molecular weight is 298 g/mol. The minimum Gasteiger partial charge on any atom is -0.465 e. The van der Waals surface area contributed by atoms with Gasteiger partial charge in [-0.3, -0.25) is 0 Å². The first kappa shape index (κ1) is 15.1. The Kier molecular flexibility index (Phi) is 4.34. The van der Waals surface area contributed by atoms with Gasteiger partial charge in [-0.15, -0.1) is 5.54 Å². The summed E-state index contributed by atoms with van der Waals surface area (Å²) >= 11 is 0. The highest BCUT2D eigenvalue weighted by atomic mass is 28.3. The first-order valence-corrected chi connectivity index (χ1v) is 10.2. The molecule has 1 heterocycles. The highest BCUT2D eigenvalue weighted by Crippen LogP contribution is 2.25. The highest BCUT2D eigenvalue weighted by Gasteiger charge is 2.18. The summed E-state index contributed by atoms with van der Waals surface area (Å²) < 4.78 is 10.6. The van der Waals surface area contributed by atoms with Crippen molar-refractivity contribution >= 4 is 14.0 Å². The Balaban J connectivity index is 2.50. The standard InChI is InChI=1S/C17H18O3Si/c1-19-17(18)14-12-16(13-8-6-5-7-9-13)20-15(14)10-11-21(2,3)4/h5-9,12H,1-4H3. The predicted octanol–water partition coefficient (Wildman–Crippen LogP) is 3.96. The van der Waals surface area contributed by atoms with Crippen LogP contribution in [0.25, 0.3) is 11.3 Å². The molecule has 0 saturated carbocycles. The van der Waals surface area contributed by atoms with Crippen LogP contribution in [0.5, 0.6) is 0 Å². The van der Waals surface area contributed by atoms with Gasteiger partial charge in [0.05, 0.1) is 7.11 Å². The van der Waals surface area contributed by atoms with Crippen LogP contribution in [-0.4, -0.2) is 21.2 Å². The molecule has 0 saturated heterocycles. The fourth-order valence-corrected chi connectivity index (χ4v) is 2.22. The highest BCUT2D eigenvalue weighted by molar-refractivity contribution is 6.83. The molecule has 1 aromatic carbocycles. The Labute approximate surface area is 125 Å². The van der Waals surface area contributed by atoms with Gasteiger partial charge in [-0.2, -0.15) is 0 Å². The Morgan fingerprint density at radius 3 is 2.43 bits per heavy atom. The van der Waals surface area contributed by atoms with Crippen LogP contribution in [0.15, 0.2) is 40.8 Å². The second kappa shape index (κ2) is 6.02. The molecule has 0 fully saturated rings. The molecule has 0 aliphatic heterocycles. The first-order chi connectivity index (χ1) is 9.90. The molecule has 2 aromatic rings. The zero-order valence-electron chi connectivity index (χ0n) is 12.7. The molecule has 0 atom stereocenters. The Bertz CT molecular complexity index is 697. The van der Waals surface area contributed by atoms with E-state index in [0.29, 0.717) is 17.1 Å². The number of esters is 1. The summed E-state index contributed by atoms with van der Waals surface area (Å²) in [6, 6.07) is 11.3. The minimum absolute atomic E-state index is 0.377. The number of benzene rings is 1. The quantitative estimate of drug-likeness (QED) is 0.478. The van der Waals surface area contributed by atoms with Crippen molar-refractivity contribution in [1.29, 1.82) is 0 Å². The van der Waals surface area contributed by atoms with Crippen LogP contribution in [0, 0.1) is 11.5 Å². The van der Waals surface area contributed by atoms with Gasteiger partial charge in [0, 0.05) is 11.6 Å². The van der Waals surface area contributed by atoms with Gasteiger partial charge < -0.3 is 9.15 Å². The van der Waals surface area contributed by atoms with Crippen LogP contribution in [0.1, 0.15) is 16.1 Å². The minimum atomic E-state index is -1.55. The fraction of sp³-hybridized carbons (Fsp3) is 0.235. The summed E-state index contributed by atoms with van der Waals surface area (Å²) in [4.78, 5) is 11.9. The smallest absolute Gasteiger partial charge is 0.342 e. The van der Waals surface area contributed by atoms with Gasteiger partial charge in [0.2, 0.25) is 0 Å². The molecule has 108 valence electrons. The first-order valence-electron chi connectivity index (χ1n) is 6.71. The van der Waals surface area contributed by atoms with E-state index in [1.54, 1.807) is 6.07 Å². The molecule has 0 amide bonds. The van der Waals surface area contributed by atoms with Gasteiger partial charge in [-0.25, -0.2) is 4.79 Å². The summed E-state index contributed by atoms with van der Waals surface area (Å²) in [6.45, 7) is 6.41. The van der Waals surface area contributed by atoms with E-state index in [4.69, 9.17) is 9.15 Å². The molecule has 0 bridgehead atoms. The summed E-state index contributed by atoms with van der Waals surface area (Å²) in [5, 5.41) is 0. The van der Waals surface area contributed by atoms with E-state index in [0.717, 1.165) is 5.56 Å². The number of ether oxygens (including phenoxy) is 1. The molecule has 4 heteroatoms. The molecular formula is C17H18O3Si. The van der Waals surface area contributed by atoms with Gasteiger partial charge in [0.25, 0.3) is 0 Å². The van der Waals surface area contributed by atoms with E-state index >= 15 is 0 Å². The van der Waals surface area contributed by atoms with Crippen molar-refractivity contribution in [1.82, 2.24) is 0 Å². The van der Waals surface area contributed by atoms with Crippen molar-refractivity contribution in [2.45, 2.75) is 19.6 Å². The Morgan fingerprint density at radius 1 is 1.19 bits per heavy atom. The van der Waals surface area contributed by atoms with Crippen LogP contribution >= 0.6 is 0 Å². The zero-order valence-corrected chi connectivity index (χ0v) is 13.7. The predicted molar refractivity (Wildman–Crippen MR) is 85.7 cm³/mol. The lowest BCUT2D eigenvalue weighted by atomic mass is 10.1. The molecule has 1 aromatic heterocycles. The SMILES string of the molecule is COC(=O)c1cc(-c2ccccc2)oc1C#C[Si](C)(C)C. The number of carbonyl (C=O) groups excluding carboxylic acids is 1. The molecule has 3 nitrogen and oxygen atoms in total. The normalized spacial score (nSPS) is 10.7. The molecule has 0 aliphatic rings. The van der Waals surface area contributed by atoms with Crippen molar-refractivity contribution in [3.63, 3.8) is 0 Å². The summed E-state index contributed by atoms with van der Waals surface area (Å²) in [5.74, 6) is 3.57. The van der Waals surface area contributed by atoms with Crippen molar-refractivity contribution in [2.75, 3.05) is 7.11 Å². The molecule has 0 aliphatic carbocycles. The van der Waals surface area contributed by atoms with Crippen molar-refractivity contribution in [3.05, 3.63) is 47.7 Å². The second-order valence-corrected chi connectivity index (χ2v) is 10.5. The third-order valence-electron chi connectivity index (χ3n) is 2.75. The molecule has 0 unspecified atom stereocenters. The van der Waals surface area contributed by atoms with Crippen molar-refractivity contribution in [3.8, 4) is 22.8 Å². The summed E-state index contributed by atoms with van der Waals surface area (Å²) in [7, 11) is -0.197. The lowest BCUT2D eigenvalue weighted by Gasteiger charge is -2.03. The third kappa shape index (κ3) is 3.86. The van der Waals surface area contributed by atoms with Gasteiger partial charge in [-0.1, -0.05) is 50.0 Å². The van der Waals surface area contributed by atoms with Gasteiger partial charge in [-0.05, 0) is 5.92 Å². The Hall–Kier alpha value is -2.25. The number of carbonyl (C=O) groups is 1. The molecule has 21 heavy (non-hydrogen) atoms. The molecule has 0 N–H and O–H groups in total. The Morgan fingerprint density at radius 2 is 1.86 bits per heavy atom. The topological polar surface area (TPSA) is 39.4 Å². The van der Waals surface area contributed by atoms with E-state index in [1.807, 2.05) is 30.3 Å².